The lowest BCUT2D eigenvalue weighted by Gasteiger charge is -2.18. The van der Waals surface area contributed by atoms with E-state index in [2.05, 4.69) is 81.5 Å². The highest BCUT2D eigenvalue weighted by Crippen LogP contribution is 2.14. The predicted molar refractivity (Wildman–Crippen MR) is 251 cm³/mol. The molecule has 1 atom stereocenters. The van der Waals surface area contributed by atoms with E-state index in [1.54, 1.807) is 0 Å². The Morgan fingerprint density at radius 2 is 0.644 bits per heavy atom. The van der Waals surface area contributed by atoms with Crippen LogP contribution in [0.2, 0.25) is 0 Å². The summed E-state index contributed by atoms with van der Waals surface area (Å²) in [6.45, 7) is 6.50. The maximum atomic E-state index is 12.7. The van der Waals surface area contributed by atoms with Gasteiger partial charge in [0.05, 0.1) is 0 Å². The van der Waals surface area contributed by atoms with Crippen LogP contribution in [0.5, 0.6) is 0 Å². The first-order valence-corrected chi connectivity index (χ1v) is 24.8. The van der Waals surface area contributed by atoms with Crippen molar-refractivity contribution < 1.29 is 28.6 Å². The molecule has 0 fully saturated rings. The van der Waals surface area contributed by atoms with Crippen LogP contribution in [0.15, 0.2) is 60.8 Å². The van der Waals surface area contributed by atoms with Crippen LogP contribution in [0.1, 0.15) is 239 Å². The second-order valence-corrected chi connectivity index (χ2v) is 16.4. The molecule has 0 aromatic heterocycles. The molecule has 0 bridgehead atoms. The third-order valence-electron chi connectivity index (χ3n) is 10.5. The van der Waals surface area contributed by atoms with E-state index in [1.165, 1.54) is 89.9 Å². The molecule has 0 heterocycles. The number of unbranched alkanes of at least 4 members (excludes halogenated alkanes) is 23. The van der Waals surface area contributed by atoms with Gasteiger partial charge in [-0.3, -0.25) is 14.4 Å². The topological polar surface area (TPSA) is 78.9 Å². The molecular weight excluding hydrogens is 733 g/mol. The molecular formula is C53H92O6. The van der Waals surface area contributed by atoms with Crippen LogP contribution in [0.3, 0.4) is 0 Å². The van der Waals surface area contributed by atoms with E-state index in [-0.39, 0.29) is 31.1 Å². The summed E-state index contributed by atoms with van der Waals surface area (Å²) in [6, 6.07) is 0. The van der Waals surface area contributed by atoms with Gasteiger partial charge in [-0.15, -0.1) is 0 Å². The van der Waals surface area contributed by atoms with Crippen LogP contribution in [0, 0.1) is 0 Å². The Labute approximate surface area is 364 Å². The second-order valence-electron chi connectivity index (χ2n) is 16.4. The maximum absolute atomic E-state index is 12.7. The highest BCUT2D eigenvalue weighted by atomic mass is 16.6. The largest absolute Gasteiger partial charge is 0.462 e. The third kappa shape index (κ3) is 46.0. The molecule has 0 aliphatic heterocycles. The lowest BCUT2D eigenvalue weighted by atomic mass is 10.1. The average molecular weight is 825 g/mol. The summed E-state index contributed by atoms with van der Waals surface area (Å²) in [5, 5.41) is 0. The summed E-state index contributed by atoms with van der Waals surface area (Å²) in [6.07, 6.45) is 57.7. The normalized spacial score (nSPS) is 12.5. The minimum absolute atomic E-state index is 0.0834. The Morgan fingerprint density at radius 1 is 0.339 bits per heavy atom. The van der Waals surface area contributed by atoms with Crippen LogP contribution >= 0.6 is 0 Å². The van der Waals surface area contributed by atoms with Gasteiger partial charge in [0.15, 0.2) is 6.10 Å². The van der Waals surface area contributed by atoms with Crippen molar-refractivity contribution in [3.05, 3.63) is 60.8 Å². The van der Waals surface area contributed by atoms with Gasteiger partial charge in [0.2, 0.25) is 0 Å². The van der Waals surface area contributed by atoms with E-state index in [0.717, 1.165) is 109 Å². The number of rotatable bonds is 44. The Balaban J connectivity index is 4.35. The van der Waals surface area contributed by atoms with Crippen molar-refractivity contribution in [1.82, 2.24) is 0 Å². The summed E-state index contributed by atoms with van der Waals surface area (Å²) in [4.78, 5) is 37.8. The quantitative estimate of drug-likeness (QED) is 0.0263. The van der Waals surface area contributed by atoms with E-state index in [0.29, 0.717) is 19.3 Å². The van der Waals surface area contributed by atoms with Crippen molar-refractivity contribution in [2.75, 3.05) is 13.2 Å². The maximum Gasteiger partial charge on any atom is 0.306 e. The number of carbonyl (C=O) groups is 3. The SMILES string of the molecule is CCC/C=C\C/C=C\CCCCCCCC(=O)OC(COC(=O)CCCCCCCC/C=C\C/C=C\C/C=C\CCCCC)COC(=O)CCCCCCCCCCC. The lowest BCUT2D eigenvalue weighted by molar-refractivity contribution is -0.167. The van der Waals surface area contributed by atoms with Crippen molar-refractivity contribution >= 4 is 17.9 Å². The molecule has 0 aliphatic carbocycles. The molecule has 0 aliphatic rings. The van der Waals surface area contributed by atoms with Gasteiger partial charge < -0.3 is 14.2 Å². The van der Waals surface area contributed by atoms with E-state index >= 15 is 0 Å². The number of ether oxygens (including phenoxy) is 3. The average Bonchev–Trinajstić information content (AvgIpc) is 3.23. The van der Waals surface area contributed by atoms with Crippen molar-refractivity contribution in [2.45, 2.75) is 245 Å². The zero-order valence-electron chi connectivity index (χ0n) is 38.8. The fourth-order valence-corrected chi connectivity index (χ4v) is 6.72. The molecule has 6 nitrogen and oxygen atoms in total. The third-order valence-corrected chi connectivity index (χ3v) is 10.5. The first-order valence-electron chi connectivity index (χ1n) is 24.8. The summed E-state index contributed by atoms with van der Waals surface area (Å²) in [7, 11) is 0. The summed E-state index contributed by atoms with van der Waals surface area (Å²) >= 11 is 0. The van der Waals surface area contributed by atoms with Crippen molar-refractivity contribution in [3.63, 3.8) is 0 Å². The Morgan fingerprint density at radius 3 is 1.05 bits per heavy atom. The molecule has 0 aromatic carbocycles. The van der Waals surface area contributed by atoms with Gasteiger partial charge in [0, 0.05) is 19.3 Å². The van der Waals surface area contributed by atoms with Crippen molar-refractivity contribution in [3.8, 4) is 0 Å². The fourth-order valence-electron chi connectivity index (χ4n) is 6.72. The molecule has 59 heavy (non-hydrogen) atoms. The minimum Gasteiger partial charge on any atom is -0.462 e. The number of hydrogen-bond donors (Lipinski definition) is 0. The number of allylic oxidation sites excluding steroid dienone is 10. The van der Waals surface area contributed by atoms with Gasteiger partial charge in [-0.1, -0.05) is 197 Å². The minimum atomic E-state index is -0.783. The Kier molecular flexibility index (Phi) is 45.4. The molecule has 0 amide bonds. The van der Waals surface area contributed by atoms with Crippen LogP contribution in [0.4, 0.5) is 0 Å². The Hall–Kier alpha value is -2.89. The molecule has 0 aromatic rings. The fraction of sp³-hybridized carbons (Fsp3) is 0.755. The van der Waals surface area contributed by atoms with Gasteiger partial charge in [-0.25, -0.2) is 0 Å². The van der Waals surface area contributed by atoms with E-state index in [9.17, 15) is 14.4 Å². The van der Waals surface area contributed by atoms with Crippen LogP contribution < -0.4 is 0 Å². The van der Waals surface area contributed by atoms with E-state index < -0.39 is 6.10 Å². The molecule has 1 unspecified atom stereocenters. The van der Waals surface area contributed by atoms with Gasteiger partial charge in [0.1, 0.15) is 13.2 Å². The molecule has 0 N–H and O–H groups in total. The van der Waals surface area contributed by atoms with Gasteiger partial charge >= 0.3 is 17.9 Å². The van der Waals surface area contributed by atoms with Gasteiger partial charge in [0.25, 0.3) is 0 Å². The van der Waals surface area contributed by atoms with Crippen LogP contribution in [0.25, 0.3) is 0 Å². The number of hydrogen-bond acceptors (Lipinski definition) is 6. The summed E-state index contributed by atoms with van der Waals surface area (Å²) in [5.41, 5.74) is 0. The molecule has 0 rings (SSSR count). The van der Waals surface area contributed by atoms with Crippen molar-refractivity contribution in [1.29, 1.82) is 0 Å². The van der Waals surface area contributed by atoms with E-state index in [1.807, 2.05) is 0 Å². The highest BCUT2D eigenvalue weighted by molar-refractivity contribution is 5.71. The standard InChI is InChI=1S/C53H92O6/c1-4-7-10-13-16-19-21-23-24-25-26-27-28-30-31-34-37-40-43-46-52(55)58-49-50(48-57-51(54)45-42-39-36-33-18-15-12-9-6-3)59-53(56)47-44-41-38-35-32-29-22-20-17-14-11-8-5-2/h11,14,16,19-20,22-24,26-27,50H,4-10,12-13,15,17-18,21,25,28-49H2,1-3H3/b14-11-,19-16-,22-20-,24-23-,27-26-. The van der Waals surface area contributed by atoms with Gasteiger partial charge in [-0.2, -0.15) is 0 Å². The summed E-state index contributed by atoms with van der Waals surface area (Å²) in [5.74, 6) is -0.913. The highest BCUT2D eigenvalue weighted by Gasteiger charge is 2.19. The number of carbonyl (C=O) groups excluding carboxylic acids is 3. The first kappa shape index (κ1) is 56.1. The van der Waals surface area contributed by atoms with E-state index in [4.69, 9.17) is 14.2 Å². The molecule has 6 heteroatoms. The summed E-state index contributed by atoms with van der Waals surface area (Å²) < 4.78 is 16.7. The monoisotopic (exact) mass is 825 g/mol. The lowest BCUT2D eigenvalue weighted by Crippen LogP contribution is -2.30. The number of esters is 3. The zero-order chi connectivity index (χ0) is 43.0. The second kappa shape index (κ2) is 47.8. The molecule has 340 valence electrons. The van der Waals surface area contributed by atoms with Crippen LogP contribution in [-0.4, -0.2) is 37.2 Å². The van der Waals surface area contributed by atoms with Crippen LogP contribution in [-0.2, 0) is 28.6 Å². The molecule has 0 spiro atoms. The predicted octanol–water partition coefficient (Wildman–Crippen LogP) is 16.1. The van der Waals surface area contributed by atoms with Crippen molar-refractivity contribution in [2.24, 2.45) is 0 Å². The molecule has 0 saturated carbocycles. The Bertz CT molecular complexity index is 1090. The molecule has 0 saturated heterocycles. The first-order chi connectivity index (χ1) is 29.0. The zero-order valence-corrected chi connectivity index (χ0v) is 38.8. The molecule has 0 radical (unpaired) electrons. The smallest absolute Gasteiger partial charge is 0.306 e. The van der Waals surface area contributed by atoms with Gasteiger partial charge in [-0.05, 0) is 83.5 Å².